The van der Waals surface area contributed by atoms with Crippen molar-refractivity contribution < 1.29 is 14.0 Å². The molecule has 0 unspecified atom stereocenters. The second-order valence-corrected chi connectivity index (χ2v) is 7.17. The molecule has 6 heteroatoms. The first-order chi connectivity index (χ1) is 13.0. The summed E-state index contributed by atoms with van der Waals surface area (Å²) in [5.74, 6) is -0.0490. The Bertz CT molecular complexity index is 881. The van der Waals surface area contributed by atoms with Crippen LogP contribution in [-0.4, -0.2) is 43.0 Å². The van der Waals surface area contributed by atoms with Gasteiger partial charge in [0.2, 0.25) is 0 Å². The molecule has 0 radical (unpaired) electrons. The van der Waals surface area contributed by atoms with Crippen LogP contribution >= 0.6 is 0 Å². The van der Waals surface area contributed by atoms with Gasteiger partial charge >= 0.3 is 6.03 Å². The predicted molar refractivity (Wildman–Crippen MR) is 102 cm³/mol. The van der Waals surface area contributed by atoms with Crippen LogP contribution in [0.25, 0.3) is 0 Å². The average Bonchev–Trinajstić information content (AvgIpc) is 3.32. The number of nitrogens with zero attached hydrogens (tertiary/aromatic N) is 2. The average molecular weight is 367 g/mol. The molecule has 140 valence electrons. The minimum Gasteiger partial charge on any atom is -0.338 e. The lowest BCUT2D eigenvalue weighted by molar-refractivity contribution is 0.0790. The highest BCUT2D eigenvalue weighted by molar-refractivity contribution is 5.99. The number of hydrogen-bond acceptors (Lipinski definition) is 2. The molecule has 2 aliphatic heterocycles. The van der Waals surface area contributed by atoms with Crippen molar-refractivity contribution in [3.8, 4) is 0 Å². The normalized spacial score (nSPS) is 19.5. The zero-order valence-electron chi connectivity index (χ0n) is 15.2. The number of urea groups is 1. The van der Waals surface area contributed by atoms with Crippen molar-refractivity contribution in [2.45, 2.75) is 19.3 Å². The van der Waals surface area contributed by atoms with Crippen molar-refractivity contribution in [2.75, 3.05) is 31.1 Å². The Morgan fingerprint density at radius 1 is 1.15 bits per heavy atom. The van der Waals surface area contributed by atoms with Crippen molar-refractivity contribution in [2.24, 2.45) is 0 Å². The summed E-state index contributed by atoms with van der Waals surface area (Å²) in [7, 11) is 0. The Kier molecular flexibility index (Phi) is 4.56. The van der Waals surface area contributed by atoms with Gasteiger partial charge in [-0.25, -0.2) is 9.18 Å². The van der Waals surface area contributed by atoms with E-state index in [0.717, 1.165) is 23.2 Å². The van der Waals surface area contributed by atoms with Gasteiger partial charge < -0.3 is 10.2 Å². The monoisotopic (exact) mass is 367 g/mol. The van der Waals surface area contributed by atoms with Crippen molar-refractivity contribution in [3.63, 3.8) is 0 Å². The van der Waals surface area contributed by atoms with Crippen LogP contribution in [0.3, 0.4) is 0 Å². The maximum atomic E-state index is 13.1. The number of anilines is 1. The molecule has 2 heterocycles. The summed E-state index contributed by atoms with van der Waals surface area (Å²) in [6, 6.07) is 11.9. The largest absolute Gasteiger partial charge is 0.338 e. The second-order valence-electron chi connectivity index (χ2n) is 7.17. The molecule has 27 heavy (non-hydrogen) atoms. The van der Waals surface area contributed by atoms with Gasteiger partial charge in [-0.15, -0.1) is 0 Å². The van der Waals surface area contributed by atoms with Crippen LogP contribution in [0, 0.1) is 12.7 Å². The summed E-state index contributed by atoms with van der Waals surface area (Å²) in [4.78, 5) is 28.5. The standard InChI is InChI=1S/C21H22FN3O2/c1-14-2-3-16(12-19(14)25-11-9-23-21(25)27)20(26)24-10-8-17(13-24)15-4-6-18(22)7-5-15/h2-7,12,17H,8-11,13H2,1H3,(H,23,27)/t17-/m1/s1. The number of benzene rings is 2. The lowest BCUT2D eigenvalue weighted by Gasteiger charge is -2.20. The van der Waals surface area contributed by atoms with Crippen molar-refractivity contribution in [1.29, 1.82) is 0 Å². The number of likely N-dealkylation sites (tertiary alicyclic amines) is 1. The number of amides is 3. The fourth-order valence-electron chi connectivity index (χ4n) is 3.87. The van der Waals surface area contributed by atoms with E-state index in [9.17, 15) is 14.0 Å². The third kappa shape index (κ3) is 3.39. The Hall–Kier alpha value is -2.89. The highest BCUT2D eigenvalue weighted by Gasteiger charge is 2.29. The highest BCUT2D eigenvalue weighted by atomic mass is 19.1. The van der Waals surface area contributed by atoms with E-state index in [4.69, 9.17) is 0 Å². The molecule has 0 saturated carbocycles. The lowest BCUT2D eigenvalue weighted by Crippen LogP contribution is -2.30. The van der Waals surface area contributed by atoms with Gasteiger partial charge in [0.15, 0.2) is 0 Å². The van der Waals surface area contributed by atoms with Crippen LogP contribution in [0.5, 0.6) is 0 Å². The fourth-order valence-corrected chi connectivity index (χ4v) is 3.87. The first-order valence-electron chi connectivity index (χ1n) is 9.23. The smallest absolute Gasteiger partial charge is 0.322 e. The molecule has 1 atom stereocenters. The van der Waals surface area contributed by atoms with E-state index in [1.165, 1.54) is 12.1 Å². The minimum atomic E-state index is -0.247. The molecule has 2 aromatic rings. The molecule has 0 aliphatic carbocycles. The summed E-state index contributed by atoms with van der Waals surface area (Å²) in [5.41, 5.74) is 3.40. The van der Waals surface area contributed by atoms with Gasteiger partial charge in [-0.1, -0.05) is 18.2 Å². The van der Waals surface area contributed by atoms with Crippen LogP contribution in [0.4, 0.5) is 14.9 Å². The molecule has 5 nitrogen and oxygen atoms in total. The summed E-state index contributed by atoms with van der Waals surface area (Å²) in [6.45, 7) is 4.46. The molecule has 2 fully saturated rings. The van der Waals surface area contributed by atoms with E-state index < -0.39 is 0 Å². The van der Waals surface area contributed by atoms with Crippen LogP contribution in [-0.2, 0) is 0 Å². The molecule has 2 aromatic carbocycles. The van der Waals surface area contributed by atoms with Gasteiger partial charge in [0.25, 0.3) is 5.91 Å². The second kappa shape index (κ2) is 7.02. The number of aryl methyl sites for hydroxylation is 1. The molecule has 1 N–H and O–H groups in total. The van der Waals surface area contributed by atoms with E-state index >= 15 is 0 Å². The third-order valence-electron chi connectivity index (χ3n) is 5.42. The van der Waals surface area contributed by atoms with E-state index in [2.05, 4.69) is 5.32 Å². The minimum absolute atomic E-state index is 0.0273. The zero-order valence-corrected chi connectivity index (χ0v) is 15.2. The zero-order chi connectivity index (χ0) is 19.0. The topological polar surface area (TPSA) is 52.7 Å². The number of carbonyl (C=O) groups is 2. The van der Waals surface area contributed by atoms with Gasteiger partial charge in [-0.3, -0.25) is 9.69 Å². The molecule has 4 rings (SSSR count). The first kappa shape index (κ1) is 17.5. The Balaban J connectivity index is 1.51. The first-order valence-corrected chi connectivity index (χ1v) is 9.23. The summed E-state index contributed by atoms with van der Waals surface area (Å²) >= 11 is 0. The van der Waals surface area contributed by atoms with Crippen molar-refractivity contribution in [3.05, 3.63) is 65.0 Å². The van der Waals surface area contributed by atoms with Gasteiger partial charge in [0.05, 0.1) is 0 Å². The summed E-state index contributed by atoms with van der Waals surface area (Å²) in [6.07, 6.45) is 0.866. The molecule has 0 aromatic heterocycles. The number of rotatable bonds is 3. The molecular weight excluding hydrogens is 345 g/mol. The van der Waals surface area contributed by atoms with Crippen LogP contribution in [0.2, 0.25) is 0 Å². The van der Waals surface area contributed by atoms with Crippen LogP contribution in [0.15, 0.2) is 42.5 Å². The Morgan fingerprint density at radius 3 is 2.63 bits per heavy atom. The number of halogens is 1. The molecule has 0 bridgehead atoms. The SMILES string of the molecule is Cc1ccc(C(=O)N2CC[C@@H](c3ccc(F)cc3)C2)cc1N1CCNC1=O. The Labute approximate surface area is 157 Å². The number of hydrogen-bond donors (Lipinski definition) is 1. The van der Waals surface area contributed by atoms with Gasteiger partial charge in [0, 0.05) is 43.3 Å². The third-order valence-corrected chi connectivity index (χ3v) is 5.42. The van der Waals surface area contributed by atoms with E-state index in [-0.39, 0.29) is 23.7 Å². The molecule has 2 aliphatic rings. The maximum Gasteiger partial charge on any atom is 0.322 e. The van der Waals surface area contributed by atoms with Crippen LogP contribution in [0.1, 0.15) is 33.8 Å². The fraction of sp³-hybridized carbons (Fsp3) is 0.333. The van der Waals surface area contributed by atoms with E-state index in [1.54, 1.807) is 17.0 Å². The van der Waals surface area contributed by atoms with Crippen LogP contribution < -0.4 is 10.2 Å². The molecule has 3 amide bonds. The Morgan fingerprint density at radius 2 is 1.93 bits per heavy atom. The van der Waals surface area contributed by atoms with Gasteiger partial charge in [0.1, 0.15) is 5.82 Å². The van der Waals surface area contributed by atoms with Gasteiger partial charge in [-0.2, -0.15) is 0 Å². The molecule has 0 spiro atoms. The van der Waals surface area contributed by atoms with Crippen molar-refractivity contribution >= 4 is 17.6 Å². The molecule has 2 saturated heterocycles. The number of carbonyl (C=O) groups excluding carboxylic acids is 2. The van der Waals surface area contributed by atoms with Crippen molar-refractivity contribution in [1.82, 2.24) is 10.2 Å². The van der Waals surface area contributed by atoms with E-state index in [1.807, 2.05) is 30.0 Å². The van der Waals surface area contributed by atoms with E-state index in [0.29, 0.717) is 31.7 Å². The predicted octanol–water partition coefficient (Wildman–Crippen LogP) is 3.29. The lowest BCUT2D eigenvalue weighted by atomic mass is 9.98. The highest BCUT2D eigenvalue weighted by Crippen LogP contribution is 2.30. The summed E-state index contributed by atoms with van der Waals surface area (Å²) < 4.78 is 13.1. The molecular formula is C21H22FN3O2. The van der Waals surface area contributed by atoms with Gasteiger partial charge in [-0.05, 0) is 48.7 Å². The summed E-state index contributed by atoms with van der Waals surface area (Å²) in [5, 5.41) is 2.79. The quantitative estimate of drug-likeness (QED) is 0.905. The maximum absolute atomic E-state index is 13.1. The number of nitrogens with one attached hydrogen (secondary N) is 1.